The molecule has 0 radical (unpaired) electrons. The summed E-state index contributed by atoms with van der Waals surface area (Å²) in [5.74, 6) is 2.27. The van der Waals surface area contributed by atoms with E-state index >= 15 is 0 Å². The Hall–Kier alpha value is -1.02. The van der Waals surface area contributed by atoms with Crippen LogP contribution in [-0.4, -0.2) is 11.7 Å². The van der Waals surface area contributed by atoms with Gasteiger partial charge in [0.25, 0.3) is 0 Å². The van der Waals surface area contributed by atoms with Gasteiger partial charge in [-0.05, 0) is 30.2 Å². The average Bonchev–Trinajstić information content (AvgIpc) is 2.71. The zero-order chi connectivity index (χ0) is 12.0. The third kappa shape index (κ3) is 1.66. The van der Waals surface area contributed by atoms with Gasteiger partial charge < -0.3 is 9.84 Å². The van der Waals surface area contributed by atoms with Crippen molar-refractivity contribution < 1.29 is 9.84 Å². The summed E-state index contributed by atoms with van der Waals surface area (Å²) in [6, 6.07) is 6.18. The van der Waals surface area contributed by atoms with Crippen molar-refractivity contribution in [3.63, 3.8) is 0 Å². The monoisotopic (exact) mass is 232 g/mol. The molecule has 1 aliphatic carbocycles. The first kappa shape index (κ1) is 11.1. The van der Waals surface area contributed by atoms with Crippen LogP contribution in [0.3, 0.4) is 0 Å². The van der Waals surface area contributed by atoms with Crippen molar-refractivity contribution in [2.24, 2.45) is 11.8 Å². The number of ether oxygens (including phenoxy) is 1. The second kappa shape index (κ2) is 3.74. The summed E-state index contributed by atoms with van der Waals surface area (Å²) in [5.41, 5.74) is 1.64. The molecule has 92 valence electrons. The first-order valence-electron chi connectivity index (χ1n) is 6.58. The lowest BCUT2D eigenvalue weighted by Crippen LogP contribution is -2.43. The summed E-state index contributed by atoms with van der Waals surface area (Å²) >= 11 is 0. The molecular weight excluding hydrogens is 212 g/mol. The molecule has 17 heavy (non-hydrogen) atoms. The highest BCUT2D eigenvalue weighted by Crippen LogP contribution is 2.52. The highest BCUT2D eigenvalue weighted by atomic mass is 16.5. The van der Waals surface area contributed by atoms with Crippen LogP contribution in [0.5, 0.6) is 5.75 Å². The fourth-order valence-corrected chi connectivity index (χ4v) is 3.08. The van der Waals surface area contributed by atoms with Crippen molar-refractivity contribution in [1.82, 2.24) is 0 Å². The Morgan fingerprint density at radius 3 is 2.82 bits per heavy atom. The maximum absolute atomic E-state index is 10.7. The molecule has 1 aliphatic heterocycles. The molecule has 3 rings (SSSR count). The van der Waals surface area contributed by atoms with E-state index in [4.69, 9.17) is 4.74 Å². The van der Waals surface area contributed by atoms with Crippen molar-refractivity contribution in [3.05, 3.63) is 29.3 Å². The van der Waals surface area contributed by atoms with Gasteiger partial charge >= 0.3 is 0 Å². The van der Waals surface area contributed by atoms with Crippen molar-refractivity contribution in [2.75, 3.05) is 6.61 Å². The molecule has 1 saturated carbocycles. The minimum Gasteiger partial charge on any atom is -0.493 e. The molecule has 1 fully saturated rings. The summed E-state index contributed by atoms with van der Waals surface area (Å²) in [6.07, 6.45) is 2.74. The van der Waals surface area contributed by atoms with Crippen LogP contribution in [0.4, 0.5) is 0 Å². The van der Waals surface area contributed by atoms with E-state index in [0.29, 0.717) is 11.8 Å². The Morgan fingerprint density at radius 2 is 2.12 bits per heavy atom. The van der Waals surface area contributed by atoms with Crippen LogP contribution in [-0.2, 0) is 12.0 Å². The predicted molar refractivity (Wildman–Crippen MR) is 67.1 cm³/mol. The van der Waals surface area contributed by atoms with Crippen LogP contribution in [0.15, 0.2) is 18.2 Å². The van der Waals surface area contributed by atoms with Crippen molar-refractivity contribution in [1.29, 1.82) is 0 Å². The molecule has 0 saturated heterocycles. The molecular formula is C15H20O2. The number of hydrogen-bond acceptors (Lipinski definition) is 2. The predicted octanol–water partition coefficient (Wildman–Crippen LogP) is 2.88. The van der Waals surface area contributed by atoms with Gasteiger partial charge in [0, 0.05) is 12.0 Å². The van der Waals surface area contributed by atoms with Crippen LogP contribution in [0.1, 0.15) is 37.8 Å². The number of rotatable bonds is 2. The SMILES string of the molecule is CC(C)C1CC(O)(c2cccc3c2OCC3)C1. The molecule has 1 aromatic rings. The van der Waals surface area contributed by atoms with E-state index in [0.717, 1.165) is 37.2 Å². The van der Waals surface area contributed by atoms with Gasteiger partial charge in [0.15, 0.2) is 0 Å². The summed E-state index contributed by atoms with van der Waals surface area (Å²) in [5, 5.41) is 10.7. The van der Waals surface area contributed by atoms with E-state index in [1.807, 2.05) is 12.1 Å². The fourth-order valence-electron chi connectivity index (χ4n) is 3.08. The minimum absolute atomic E-state index is 0.634. The molecule has 0 spiro atoms. The summed E-state index contributed by atoms with van der Waals surface area (Å²) in [6.45, 7) is 5.22. The van der Waals surface area contributed by atoms with Crippen molar-refractivity contribution in [3.8, 4) is 5.75 Å². The topological polar surface area (TPSA) is 29.5 Å². The second-order valence-corrected chi connectivity index (χ2v) is 5.84. The molecule has 1 N–H and O–H groups in total. The standard InChI is InChI=1S/C15H20O2/c1-10(2)12-8-15(16,9-12)13-5-3-4-11-6-7-17-14(11)13/h3-5,10,12,16H,6-9H2,1-2H3. The Labute approximate surface area is 103 Å². The first-order valence-corrected chi connectivity index (χ1v) is 6.58. The van der Waals surface area contributed by atoms with E-state index in [9.17, 15) is 5.11 Å². The van der Waals surface area contributed by atoms with Crippen LogP contribution >= 0.6 is 0 Å². The van der Waals surface area contributed by atoms with E-state index in [2.05, 4.69) is 19.9 Å². The Kier molecular flexibility index (Phi) is 2.44. The highest BCUT2D eigenvalue weighted by molar-refractivity contribution is 5.47. The Bertz CT molecular complexity index is 431. The van der Waals surface area contributed by atoms with Crippen LogP contribution < -0.4 is 4.74 Å². The molecule has 2 aliphatic rings. The van der Waals surface area contributed by atoms with Gasteiger partial charge in [-0.1, -0.05) is 32.0 Å². The van der Waals surface area contributed by atoms with Gasteiger partial charge in [-0.25, -0.2) is 0 Å². The number of benzene rings is 1. The lowest BCUT2D eigenvalue weighted by atomic mass is 9.63. The van der Waals surface area contributed by atoms with E-state index in [-0.39, 0.29) is 0 Å². The largest absolute Gasteiger partial charge is 0.493 e. The van der Waals surface area contributed by atoms with Crippen molar-refractivity contribution >= 4 is 0 Å². The molecule has 2 nitrogen and oxygen atoms in total. The Balaban J connectivity index is 1.89. The lowest BCUT2D eigenvalue weighted by molar-refractivity contribution is -0.0945. The summed E-state index contributed by atoms with van der Waals surface area (Å²) < 4.78 is 5.69. The Morgan fingerprint density at radius 1 is 1.35 bits per heavy atom. The van der Waals surface area contributed by atoms with Crippen molar-refractivity contribution in [2.45, 2.75) is 38.7 Å². The quantitative estimate of drug-likeness (QED) is 0.849. The van der Waals surface area contributed by atoms with Gasteiger partial charge in [-0.15, -0.1) is 0 Å². The maximum Gasteiger partial charge on any atom is 0.128 e. The molecule has 0 bridgehead atoms. The van der Waals surface area contributed by atoms with E-state index < -0.39 is 5.60 Å². The van der Waals surface area contributed by atoms with Gasteiger partial charge in [0.05, 0.1) is 12.2 Å². The van der Waals surface area contributed by atoms with E-state index in [1.165, 1.54) is 5.56 Å². The molecule has 0 atom stereocenters. The third-order valence-electron chi connectivity index (χ3n) is 4.36. The number of fused-ring (bicyclic) bond motifs is 1. The van der Waals surface area contributed by atoms with Gasteiger partial charge in [-0.2, -0.15) is 0 Å². The molecule has 0 amide bonds. The number of aliphatic hydroxyl groups is 1. The van der Waals surface area contributed by atoms with Gasteiger partial charge in [0.1, 0.15) is 5.75 Å². The number of hydrogen-bond donors (Lipinski definition) is 1. The van der Waals surface area contributed by atoms with Gasteiger partial charge in [-0.3, -0.25) is 0 Å². The van der Waals surface area contributed by atoms with Crippen LogP contribution in [0, 0.1) is 11.8 Å². The molecule has 0 aromatic heterocycles. The van der Waals surface area contributed by atoms with Gasteiger partial charge in [0.2, 0.25) is 0 Å². The molecule has 2 heteroatoms. The highest BCUT2D eigenvalue weighted by Gasteiger charge is 2.47. The normalized spacial score (nSPS) is 30.9. The second-order valence-electron chi connectivity index (χ2n) is 5.84. The van der Waals surface area contributed by atoms with Crippen LogP contribution in [0.25, 0.3) is 0 Å². The first-order chi connectivity index (χ1) is 8.10. The lowest BCUT2D eigenvalue weighted by Gasteiger charge is -2.46. The summed E-state index contributed by atoms with van der Waals surface area (Å²) in [7, 11) is 0. The third-order valence-corrected chi connectivity index (χ3v) is 4.36. The molecule has 1 heterocycles. The fraction of sp³-hybridized carbons (Fsp3) is 0.600. The summed E-state index contributed by atoms with van der Waals surface area (Å²) in [4.78, 5) is 0. The number of para-hydroxylation sites is 1. The molecule has 1 aromatic carbocycles. The average molecular weight is 232 g/mol. The molecule has 0 unspecified atom stereocenters. The van der Waals surface area contributed by atoms with Crippen LogP contribution in [0.2, 0.25) is 0 Å². The smallest absolute Gasteiger partial charge is 0.128 e. The zero-order valence-electron chi connectivity index (χ0n) is 10.6. The maximum atomic E-state index is 10.7. The minimum atomic E-state index is -0.634. The zero-order valence-corrected chi connectivity index (χ0v) is 10.6. The van der Waals surface area contributed by atoms with E-state index in [1.54, 1.807) is 0 Å².